The minimum absolute atomic E-state index is 0.0149. The lowest BCUT2D eigenvalue weighted by Gasteiger charge is -2.08. The first-order chi connectivity index (χ1) is 8.33. The fourth-order valence-electron chi connectivity index (χ4n) is 1.16. The van der Waals surface area contributed by atoms with Gasteiger partial charge in [-0.25, -0.2) is 4.79 Å². The molecule has 18 heavy (non-hydrogen) atoms. The monoisotopic (exact) mass is 284 g/mol. The zero-order valence-corrected chi connectivity index (χ0v) is 10.2. The molecule has 0 aliphatic rings. The Balaban J connectivity index is 2.56. The van der Waals surface area contributed by atoms with E-state index in [2.05, 4.69) is 4.74 Å². The zero-order valence-electron chi connectivity index (χ0n) is 9.41. The van der Waals surface area contributed by atoms with E-state index in [1.54, 1.807) is 0 Å². The van der Waals surface area contributed by atoms with Crippen molar-refractivity contribution in [2.75, 3.05) is 13.2 Å². The number of carboxylic acid groups (broad SMARTS) is 1. The van der Waals surface area contributed by atoms with Gasteiger partial charge in [0.1, 0.15) is 12.4 Å². The summed E-state index contributed by atoms with van der Waals surface area (Å²) in [6.45, 7) is 0.799. The Labute approximate surface area is 105 Å². The molecule has 0 aliphatic carbocycles. The SMILES string of the molecule is CCc1cc(OCCOC(F)(F)F)c(C(=O)O)s1. The molecule has 1 rings (SSSR count). The fraction of sp³-hybridized carbons (Fsp3) is 0.500. The van der Waals surface area contributed by atoms with E-state index < -0.39 is 18.9 Å². The summed E-state index contributed by atoms with van der Waals surface area (Å²) in [5, 5.41) is 8.88. The van der Waals surface area contributed by atoms with E-state index in [0.29, 0.717) is 6.42 Å². The van der Waals surface area contributed by atoms with Crippen LogP contribution in [0.5, 0.6) is 5.75 Å². The first-order valence-corrected chi connectivity index (χ1v) is 5.84. The quantitative estimate of drug-likeness (QED) is 0.816. The van der Waals surface area contributed by atoms with E-state index in [4.69, 9.17) is 9.84 Å². The maximum absolute atomic E-state index is 11.7. The van der Waals surface area contributed by atoms with Gasteiger partial charge in [-0.15, -0.1) is 24.5 Å². The minimum Gasteiger partial charge on any atom is -0.489 e. The number of aryl methyl sites for hydroxylation is 1. The molecule has 0 saturated carbocycles. The lowest BCUT2D eigenvalue weighted by molar-refractivity contribution is -0.325. The molecule has 0 spiro atoms. The van der Waals surface area contributed by atoms with Gasteiger partial charge in [0.05, 0.1) is 6.61 Å². The molecular formula is C10H11F3O4S. The van der Waals surface area contributed by atoms with Gasteiger partial charge in [-0.3, -0.25) is 4.74 Å². The van der Waals surface area contributed by atoms with Crippen LogP contribution >= 0.6 is 11.3 Å². The first-order valence-electron chi connectivity index (χ1n) is 5.03. The molecule has 0 radical (unpaired) electrons. The molecule has 0 saturated heterocycles. The van der Waals surface area contributed by atoms with E-state index in [-0.39, 0.29) is 17.2 Å². The van der Waals surface area contributed by atoms with Crippen LogP contribution in [0.1, 0.15) is 21.5 Å². The molecule has 4 nitrogen and oxygen atoms in total. The van der Waals surface area contributed by atoms with Crippen molar-refractivity contribution in [2.45, 2.75) is 19.7 Å². The highest BCUT2D eigenvalue weighted by Crippen LogP contribution is 2.29. The van der Waals surface area contributed by atoms with Crippen molar-refractivity contribution in [3.8, 4) is 5.75 Å². The smallest absolute Gasteiger partial charge is 0.489 e. The van der Waals surface area contributed by atoms with Gasteiger partial charge < -0.3 is 9.84 Å². The molecule has 0 unspecified atom stereocenters. The normalized spacial score (nSPS) is 11.6. The molecule has 0 aromatic carbocycles. The summed E-state index contributed by atoms with van der Waals surface area (Å²) in [5.41, 5.74) is 0. The molecular weight excluding hydrogens is 273 g/mol. The molecule has 8 heteroatoms. The highest BCUT2D eigenvalue weighted by Gasteiger charge is 2.28. The topological polar surface area (TPSA) is 55.8 Å². The summed E-state index contributed by atoms with van der Waals surface area (Å²) in [6.07, 6.45) is -4.07. The molecule has 0 amide bonds. The molecule has 0 fully saturated rings. The van der Waals surface area contributed by atoms with Gasteiger partial charge in [-0.2, -0.15) is 0 Å². The number of hydrogen-bond acceptors (Lipinski definition) is 4. The zero-order chi connectivity index (χ0) is 13.8. The van der Waals surface area contributed by atoms with Crippen molar-refractivity contribution in [3.63, 3.8) is 0 Å². The molecule has 0 atom stereocenters. The van der Waals surface area contributed by atoms with Crippen LogP contribution in [-0.2, 0) is 11.2 Å². The standard InChI is InChI=1S/C10H11F3O4S/c1-2-6-5-7(8(18-6)9(14)15)16-3-4-17-10(11,12)13/h5H,2-4H2,1H3,(H,14,15). The van der Waals surface area contributed by atoms with Crippen LogP contribution in [-0.4, -0.2) is 30.7 Å². The Hall–Kier alpha value is -1.28. The molecule has 1 heterocycles. The second-order valence-electron chi connectivity index (χ2n) is 3.21. The average molecular weight is 284 g/mol. The van der Waals surface area contributed by atoms with Crippen LogP contribution in [0.3, 0.4) is 0 Å². The van der Waals surface area contributed by atoms with Crippen molar-refractivity contribution in [1.82, 2.24) is 0 Å². The van der Waals surface area contributed by atoms with Crippen molar-refractivity contribution in [1.29, 1.82) is 0 Å². The third-order valence-electron chi connectivity index (χ3n) is 1.90. The summed E-state index contributed by atoms with van der Waals surface area (Å²) in [6, 6.07) is 1.52. The maximum Gasteiger partial charge on any atom is 0.522 e. The third-order valence-corrected chi connectivity index (χ3v) is 3.15. The molecule has 1 aromatic rings. The second-order valence-corrected chi connectivity index (χ2v) is 4.34. The Kier molecular flexibility index (Phi) is 4.97. The minimum atomic E-state index is -4.71. The number of carbonyl (C=O) groups is 1. The Morgan fingerprint density at radius 3 is 2.61 bits per heavy atom. The lowest BCUT2D eigenvalue weighted by atomic mass is 10.3. The molecule has 102 valence electrons. The highest BCUT2D eigenvalue weighted by molar-refractivity contribution is 7.14. The van der Waals surface area contributed by atoms with Gasteiger partial charge in [0.2, 0.25) is 0 Å². The van der Waals surface area contributed by atoms with Gasteiger partial charge in [-0.05, 0) is 12.5 Å². The van der Waals surface area contributed by atoms with E-state index in [0.717, 1.165) is 16.2 Å². The van der Waals surface area contributed by atoms with Crippen molar-refractivity contribution < 1.29 is 32.5 Å². The van der Waals surface area contributed by atoms with Crippen molar-refractivity contribution in [2.24, 2.45) is 0 Å². The maximum atomic E-state index is 11.7. The van der Waals surface area contributed by atoms with Gasteiger partial charge in [0.25, 0.3) is 0 Å². The predicted octanol–water partition coefficient (Wildman–Crippen LogP) is 2.92. The first kappa shape index (κ1) is 14.8. The van der Waals surface area contributed by atoms with Crippen molar-refractivity contribution >= 4 is 17.3 Å². The number of hydrogen-bond donors (Lipinski definition) is 1. The van der Waals surface area contributed by atoms with Crippen LogP contribution in [0.2, 0.25) is 0 Å². The van der Waals surface area contributed by atoms with Gasteiger partial charge in [-0.1, -0.05) is 6.92 Å². The second kappa shape index (κ2) is 6.05. The van der Waals surface area contributed by atoms with E-state index in [9.17, 15) is 18.0 Å². The molecule has 0 aliphatic heterocycles. The summed E-state index contributed by atoms with van der Waals surface area (Å²) in [7, 11) is 0. The number of aromatic carboxylic acids is 1. The number of thiophene rings is 1. The van der Waals surface area contributed by atoms with Crippen LogP contribution < -0.4 is 4.74 Å². The number of alkyl halides is 3. The van der Waals surface area contributed by atoms with Gasteiger partial charge in [0, 0.05) is 4.88 Å². The third kappa shape index (κ3) is 4.53. The van der Waals surface area contributed by atoms with Crippen LogP contribution in [0.15, 0.2) is 6.07 Å². The van der Waals surface area contributed by atoms with Gasteiger partial charge in [0.15, 0.2) is 4.88 Å². The van der Waals surface area contributed by atoms with Crippen LogP contribution in [0.4, 0.5) is 13.2 Å². The number of ether oxygens (including phenoxy) is 2. The molecule has 1 aromatic heterocycles. The number of halogens is 3. The highest BCUT2D eigenvalue weighted by atomic mass is 32.1. The number of rotatable bonds is 6. The van der Waals surface area contributed by atoms with Crippen LogP contribution in [0.25, 0.3) is 0 Å². The van der Waals surface area contributed by atoms with E-state index in [1.807, 2.05) is 6.92 Å². The number of carboxylic acids is 1. The summed E-state index contributed by atoms with van der Waals surface area (Å²) < 4.78 is 43.5. The Morgan fingerprint density at radius 2 is 2.11 bits per heavy atom. The van der Waals surface area contributed by atoms with Crippen LogP contribution in [0, 0.1) is 0 Å². The summed E-state index contributed by atoms with van der Waals surface area (Å²) in [4.78, 5) is 11.6. The van der Waals surface area contributed by atoms with E-state index in [1.165, 1.54) is 6.07 Å². The Morgan fingerprint density at radius 1 is 1.44 bits per heavy atom. The average Bonchev–Trinajstić information content (AvgIpc) is 2.66. The van der Waals surface area contributed by atoms with E-state index >= 15 is 0 Å². The van der Waals surface area contributed by atoms with Crippen molar-refractivity contribution in [3.05, 3.63) is 15.8 Å². The lowest BCUT2D eigenvalue weighted by Crippen LogP contribution is -2.18. The Bertz CT molecular complexity index is 414. The predicted molar refractivity (Wildman–Crippen MR) is 58.2 cm³/mol. The summed E-state index contributed by atoms with van der Waals surface area (Å²) in [5.74, 6) is -1.08. The summed E-state index contributed by atoms with van der Waals surface area (Å²) >= 11 is 1.04. The largest absolute Gasteiger partial charge is 0.522 e. The fourth-order valence-corrected chi connectivity index (χ4v) is 2.04. The van der Waals surface area contributed by atoms with Gasteiger partial charge >= 0.3 is 12.3 Å². The molecule has 1 N–H and O–H groups in total. The molecule has 0 bridgehead atoms.